The highest BCUT2D eigenvalue weighted by atomic mass is 19.1. The topological polar surface area (TPSA) is 41.6 Å². The van der Waals surface area contributed by atoms with Gasteiger partial charge >= 0.3 is 0 Å². The van der Waals surface area contributed by atoms with Crippen molar-refractivity contribution in [1.29, 1.82) is 0 Å². The van der Waals surface area contributed by atoms with Gasteiger partial charge in [0.1, 0.15) is 11.6 Å². The van der Waals surface area contributed by atoms with Crippen LogP contribution < -0.4 is 15.0 Å². The molecule has 0 unspecified atom stereocenters. The number of rotatable bonds is 3. The summed E-state index contributed by atoms with van der Waals surface area (Å²) >= 11 is 0. The molecule has 1 amide bonds. The minimum atomic E-state index is -0.374. The first-order valence-corrected chi connectivity index (χ1v) is 6.45. The van der Waals surface area contributed by atoms with Gasteiger partial charge in [-0.15, -0.1) is 0 Å². The van der Waals surface area contributed by atoms with Gasteiger partial charge in [0.25, 0.3) is 0 Å². The molecule has 1 aromatic rings. The molecule has 0 aliphatic carbocycles. The van der Waals surface area contributed by atoms with Gasteiger partial charge in [0.2, 0.25) is 5.91 Å². The number of hydrogen-bond donors (Lipinski definition) is 1. The van der Waals surface area contributed by atoms with Crippen LogP contribution in [0.1, 0.15) is 12.8 Å². The maximum absolute atomic E-state index is 13.3. The van der Waals surface area contributed by atoms with Gasteiger partial charge in [-0.05, 0) is 38.1 Å². The fraction of sp³-hybridized carbons (Fsp3) is 0.500. The molecule has 4 nitrogen and oxygen atoms in total. The summed E-state index contributed by atoms with van der Waals surface area (Å²) in [6, 6.07) is 4.19. The Morgan fingerprint density at radius 3 is 2.74 bits per heavy atom. The number of carbonyl (C=O) groups is 1. The Bertz CT molecular complexity index is 459. The predicted octanol–water partition coefficient (Wildman–Crippen LogP) is 1.80. The number of amides is 1. The zero-order valence-electron chi connectivity index (χ0n) is 11.3. The van der Waals surface area contributed by atoms with E-state index in [0.717, 1.165) is 25.9 Å². The summed E-state index contributed by atoms with van der Waals surface area (Å²) in [5, 5.41) is 3.22. The van der Waals surface area contributed by atoms with Crippen LogP contribution in [0.3, 0.4) is 0 Å². The number of nitrogens with one attached hydrogen (secondary N) is 1. The van der Waals surface area contributed by atoms with Crippen LogP contribution >= 0.6 is 0 Å². The molecule has 1 fully saturated rings. The van der Waals surface area contributed by atoms with E-state index in [2.05, 4.69) is 5.32 Å². The van der Waals surface area contributed by atoms with E-state index in [4.69, 9.17) is 4.74 Å². The number of benzene rings is 1. The minimum absolute atomic E-state index is 0.000719. The molecule has 1 saturated heterocycles. The molecule has 0 spiro atoms. The number of hydrogen-bond acceptors (Lipinski definition) is 3. The maximum Gasteiger partial charge on any atom is 0.230 e. The number of halogens is 1. The molecule has 1 aliphatic heterocycles. The largest absolute Gasteiger partial charge is 0.495 e. The molecule has 0 radical (unpaired) electrons. The highest BCUT2D eigenvalue weighted by molar-refractivity contribution is 5.96. The molecule has 0 aromatic heterocycles. The second-order valence-electron chi connectivity index (χ2n) is 4.74. The van der Waals surface area contributed by atoms with Crippen LogP contribution in [-0.4, -0.2) is 33.2 Å². The molecule has 0 atom stereocenters. The Labute approximate surface area is 112 Å². The van der Waals surface area contributed by atoms with Gasteiger partial charge < -0.3 is 15.0 Å². The highest BCUT2D eigenvalue weighted by Gasteiger charge is 2.26. The summed E-state index contributed by atoms with van der Waals surface area (Å²) in [5.74, 6) is 0.150. The van der Waals surface area contributed by atoms with Crippen molar-refractivity contribution in [3.05, 3.63) is 24.0 Å². The van der Waals surface area contributed by atoms with E-state index in [-0.39, 0.29) is 17.6 Å². The lowest BCUT2D eigenvalue weighted by atomic mass is 9.96. The van der Waals surface area contributed by atoms with Gasteiger partial charge in [0.05, 0.1) is 12.8 Å². The molecule has 5 heteroatoms. The van der Waals surface area contributed by atoms with E-state index >= 15 is 0 Å². The van der Waals surface area contributed by atoms with Crippen LogP contribution in [0.25, 0.3) is 0 Å². The monoisotopic (exact) mass is 266 g/mol. The van der Waals surface area contributed by atoms with Gasteiger partial charge in [0.15, 0.2) is 0 Å². The summed E-state index contributed by atoms with van der Waals surface area (Å²) in [7, 11) is 3.18. The van der Waals surface area contributed by atoms with E-state index in [1.165, 1.54) is 30.2 Å². The number of methoxy groups -OCH3 is 1. The lowest BCUT2D eigenvalue weighted by Crippen LogP contribution is -2.39. The van der Waals surface area contributed by atoms with Crippen molar-refractivity contribution in [2.45, 2.75) is 12.8 Å². The van der Waals surface area contributed by atoms with Crippen molar-refractivity contribution in [3.8, 4) is 5.75 Å². The number of anilines is 1. The quantitative estimate of drug-likeness (QED) is 0.907. The van der Waals surface area contributed by atoms with Crippen molar-refractivity contribution >= 4 is 11.6 Å². The molecule has 19 heavy (non-hydrogen) atoms. The van der Waals surface area contributed by atoms with Gasteiger partial charge in [-0.3, -0.25) is 4.79 Å². The molecular formula is C14H19FN2O2. The fourth-order valence-corrected chi connectivity index (χ4v) is 2.39. The maximum atomic E-state index is 13.3. The van der Waals surface area contributed by atoms with Gasteiger partial charge in [-0.1, -0.05) is 0 Å². The Kier molecular flexibility index (Phi) is 4.37. The van der Waals surface area contributed by atoms with Crippen molar-refractivity contribution in [1.82, 2.24) is 5.32 Å². The second-order valence-corrected chi connectivity index (χ2v) is 4.74. The van der Waals surface area contributed by atoms with E-state index in [1.807, 2.05) is 0 Å². The van der Waals surface area contributed by atoms with Crippen LogP contribution in [0.2, 0.25) is 0 Å². The SMILES string of the molecule is COc1ccc(F)cc1N(C)C(=O)C1CCNCC1. The summed E-state index contributed by atoms with van der Waals surface area (Å²) in [6.45, 7) is 1.70. The molecule has 1 N–H and O–H groups in total. The van der Waals surface area contributed by atoms with E-state index in [1.54, 1.807) is 7.05 Å². The summed E-state index contributed by atoms with van der Waals surface area (Å²) in [4.78, 5) is 13.9. The smallest absolute Gasteiger partial charge is 0.230 e. The Hall–Kier alpha value is -1.62. The second kappa shape index (κ2) is 6.02. The molecule has 1 aromatic carbocycles. The minimum Gasteiger partial charge on any atom is -0.495 e. The lowest BCUT2D eigenvalue weighted by Gasteiger charge is -2.27. The van der Waals surface area contributed by atoms with E-state index in [9.17, 15) is 9.18 Å². The average molecular weight is 266 g/mol. The zero-order valence-corrected chi connectivity index (χ0v) is 11.3. The molecule has 104 valence electrons. The number of piperidine rings is 1. The van der Waals surface area contributed by atoms with Gasteiger partial charge in [-0.2, -0.15) is 0 Å². The Morgan fingerprint density at radius 1 is 1.42 bits per heavy atom. The first-order chi connectivity index (χ1) is 9.13. The fourth-order valence-electron chi connectivity index (χ4n) is 2.39. The van der Waals surface area contributed by atoms with Crippen LogP contribution in [0.4, 0.5) is 10.1 Å². The average Bonchev–Trinajstić information content (AvgIpc) is 2.46. The summed E-state index contributed by atoms with van der Waals surface area (Å²) in [6.07, 6.45) is 1.64. The van der Waals surface area contributed by atoms with E-state index < -0.39 is 0 Å². The molecule has 1 heterocycles. The molecular weight excluding hydrogens is 247 g/mol. The van der Waals surface area contributed by atoms with Crippen molar-refractivity contribution < 1.29 is 13.9 Å². The van der Waals surface area contributed by atoms with Crippen LogP contribution in [0.5, 0.6) is 5.75 Å². The summed E-state index contributed by atoms with van der Waals surface area (Å²) < 4.78 is 18.5. The third-order valence-electron chi connectivity index (χ3n) is 3.52. The zero-order chi connectivity index (χ0) is 13.8. The molecule has 1 aliphatic rings. The molecule has 0 bridgehead atoms. The van der Waals surface area contributed by atoms with Crippen molar-refractivity contribution in [2.75, 3.05) is 32.1 Å². The van der Waals surface area contributed by atoms with E-state index in [0.29, 0.717) is 11.4 Å². The normalized spacial score (nSPS) is 16.2. The first-order valence-electron chi connectivity index (χ1n) is 6.45. The Balaban J connectivity index is 2.20. The molecule has 0 saturated carbocycles. The van der Waals surface area contributed by atoms with Crippen LogP contribution in [-0.2, 0) is 4.79 Å². The lowest BCUT2D eigenvalue weighted by molar-refractivity contribution is -0.122. The Morgan fingerprint density at radius 2 is 2.11 bits per heavy atom. The third-order valence-corrected chi connectivity index (χ3v) is 3.52. The third kappa shape index (κ3) is 3.04. The number of ether oxygens (including phenoxy) is 1. The van der Waals surface area contributed by atoms with Crippen LogP contribution in [0.15, 0.2) is 18.2 Å². The first kappa shape index (κ1) is 13.8. The molecule has 2 rings (SSSR count). The van der Waals surface area contributed by atoms with Crippen molar-refractivity contribution in [3.63, 3.8) is 0 Å². The standard InChI is InChI=1S/C14H19FN2O2/c1-17(14(18)10-5-7-16-8-6-10)12-9-11(15)3-4-13(12)19-2/h3-4,9-10,16H,5-8H2,1-2H3. The van der Waals surface area contributed by atoms with Crippen LogP contribution in [0, 0.1) is 11.7 Å². The number of carbonyl (C=O) groups excluding carboxylic acids is 1. The number of nitrogens with zero attached hydrogens (tertiary/aromatic N) is 1. The van der Waals surface area contributed by atoms with Crippen molar-refractivity contribution in [2.24, 2.45) is 5.92 Å². The van der Waals surface area contributed by atoms with Gasteiger partial charge in [-0.25, -0.2) is 4.39 Å². The summed E-state index contributed by atoms with van der Waals surface area (Å²) in [5.41, 5.74) is 0.478. The van der Waals surface area contributed by atoms with Gasteiger partial charge in [0, 0.05) is 19.0 Å². The highest BCUT2D eigenvalue weighted by Crippen LogP contribution is 2.30. The predicted molar refractivity (Wildman–Crippen MR) is 72.0 cm³/mol.